The lowest BCUT2D eigenvalue weighted by atomic mass is 10.1. The van der Waals surface area contributed by atoms with Crippen LogP contribution in [0.2, 0.25) is 0 Å². The highest BCUT2D eigenvalue weighted by molar-refractivity contribution is 5.95. The van der Waals surface area contributed by atoms with Gasteiger partial charge in [0.15, 0.2) is 11.3 Å². The molecule has 8 nitrogen and oxygen atoms in total. The number of aromatic carboxylic acids is 1. The van der Waals surface area contributed by atoms with Crippen molar-refractivity contribution in [2.75, 3.05) is 0 Å². The fourth-order valence-electron chi connectivity index (χ4n) is 1.42. The van der Waals surface area contributed by atoms with E-state index in [9.17, 15) is 14.9 Å². The SMILES string of the molecule is O=C(O)c1c(Oc2cnccn2)cccc1[N+](=O)[O-]. The number of aromatic nitrogens is 2. The first-order chi connectivity index (χ1) is 9.09. The summed E-state index contributed by atoms with van der Waals surface area (Å²) in [5.74, 6) is -1.57. The molecule has 96 valence electrons. The number of carboxylic acid groups (broad SMARTS) is 1. The molecule has 0 spiro atoms. The molecule has 19 heavy (non-hydrogen) atoms. The molecule has 1 aromatic heterocycles. The van der Waals surface area contributed by atoms with Crippen LogP contribution in [0.1, 0.15) is 10.4 Å². The summed E-state index contributed by atoms with van der Waals surface area (Å²) in [6.45, 7) is 0. The van der Waals surface area contributed by atoms with Crippen LogP contribution in [0.25, 0.3) is 0 Å². The Bertz CT molecular complexity index is 629. The second-order valence-corrected chi connectivity index (χ2v) is 3.36. The Morgan fingerprint density at radius 2 is 2.16 bits per heavy atom. The molecule has 0 aliphatic heterocycles. The maximum absolute atomic E-state index is 11.1. The molecule has 8 heteroatoms. The largest absolute Gasteiger partial charge is 0.477 e. The minimum atomic E-state index is -1.45. The quantitative estimate of drug-likeness (QED) is 0.659. The minimum absolute atomic E-state index is 0.0468. The number of benzene rings is 1. The first-order valence-corrected chi connectivity index (χ1v) is 5.04. The van der Waals surface area contributed by atoms with Gasteiger partial charge in [0.1, 0.15) is 0 Å². The summed E-state index contributed by atoms with van der Waals surface area (Å²) >= 11 is 0. The van der Waals surface area contributed by atoms with Crippen molar-refractivity contribution in [3.8, 4) is 11.6 Å². The molecule has 0 saturated carbocycles. The molecule has 0 unspecified atom stereocenters. The van der Waals surface area contributed by atoms with Gasteiger partial charge in [-0.1, -0.05) is 6.07 Å². The van der Waals surface area contributed by atoms with Gasteiger partial charge >= 0.3 is 5.97 Å². The third-order valence-electron chi connectivity index (χ3n) is 2.17. The fourth-order valence-corrected chi connectivity index (χ4v) is 1.42. The number of nitro benzene ring substituents is 1. The summed E-state index contributed by atoms with van der Waals surface area (Å²) in [7, 11) is 0. The van der Waals surface area contributed by atoms with Crippen molar-refractivity contribution in [1.82, 2.24) is 9.97 Å². The van der Waals surface area contributed by atoms with Crippen molar-refractivity contribution in [2.45, 2.75) is 0 Å². The molecule has 0 amide bonds. The van der Waals surface area contributed by atoms with E-state index in [-0.39, 0.29) is 11.6 Å². The zero-order chi connectivity index (χ0) is 13.8. The van der Waals surface area contributed by atoms with E-state index in [1.807, 2.05) is 0 Å². The molecule has 0 saturated heterocycles. The van der Waals surface area contributed by atoms with Crippen LogP contribution in [-0.2, 0) is 0 Å². The van der Waals surface area contributed by atoms with Gasteiger partial charge in [-0.3, -0.25) is 15.1 Å². The van der Waals surface area contributed by atoms with Gasteiger partial charge < -0.3 is 9.84 Å². The van der Waals surface area contributed by atoms with E-state index >= 15 is 0 Å². The smallest absolute Gasteiger partial charge is 0.346 e. The summed E-state index contributed by atoms with van der Waals surface area (Å²) in [6, 6.07) is 3.73. The van der Waals surface area contributed by atoms with Crippen molar-refractivity contribution in [2.24, 2.45) is 0 Å². The third-order valence-corrected chi connectivity index (χ3v) is 2.17. The Labute approximate surface area is 106 Å². The molecule has 0 aliphatic rings. The Morgan fingerprint density at radius 1 is 1.37 bits per heavy atom. The third kappa shape index (κ3) is 2.63. The van der Waals surface area contributed by atoms with Crippen LogP contribution in [0.4, 0.5) is 5.69 Å². The zero-order valence-electron chi connectivity index (χ0n) is 9.39. The van der Waals surface area contributed by atoms with E-state index in [0.29, 0.717) is 0 Å². The second-order valence-electron chi connectivity index (χ2n) is 3.36. The summed E-state index contributed by atoms with van der Waals surface area (Å²) in [6.07, 6.45) is 4.04. The number of hydrogen-bond donors (Lipinski definition) is 1. The molecule has 1 aromatic carbocycles. The number of carbonyl (C=O) groups is 1. The molecule has 0 radical (unpaired) electrons. The van der Waals surface area contributed by atoms with Crippen molar-refractivity contribution < 1.29 is 19.6 Å². The topological polar surface area (TPSA) is 115 Å². The van der Waals surface area contributed by atoms with Crippen molar-refractivity contribution in [3.05, 3.63) is 52.5 Å². The molecular formula is C11H7N3O5. The molecule has 0 aliphatic carbocycles. The highest BCUT2D eigenvalue weighted by Gasteiger charge is 2.25. The fraction of sp³-hybridized carbons (Fsp3) is 0. The van der Waals surface area contributed by atoms with E-state index in [1.165, 1.54) is 30.7 Å². The van der Waals surface area contributed by atoms with Crippen molar-refractivity contribution in [3.63, 3.8) is 0 Å². The molecule has 1 N–H and O–H groups in total. The maximum Gasteiger partial charge on any atom is 0.346 e. The van der Waals surface area contributed by atoms with Crippen LogP contribution in [0.5, 0.6) is 11.6 Å². The van der Waals surface area contributed by atoms with Crippen LogP contribution in [0, 0.1) is 10.1 Å². The van der Waals surface area contributed by atoms with Gasteiger partial charge in [0.25, 0.3) is 5.69 Å². The zero-order valence-corrected chi connectivity index (χ0v) is 9.39. The Morgan fingerprint density at radius 3 is 2.74 bits per heavy atom. The van der Waals surface area contributed by atoms with Crippen LogP contribution < -0.4 is 4.74 Å². The van der Waals surface area contributed by atoms with Crippen LogP contribution >= 0.6 is 0 Å². The predicted octanol–water partition coefficient (Wildman–Crippen LogP) is 1.88. The average Bonchev–Trinajstić information content (AvgIpc) is 2.39. The van der Waals surface area contributed by atoms with Crippen LogP contribution in [0.15, 0.2) is 36.8 Å². The van der Waals surface area contributed by atoms with E-state index < -0.39 is 22.1 Å². The molecular weight excluding hydrogens is 254 g/mol. The number of rotatable bonds is 4. The molecule has 1 heterocycles. The number of ether oxygens (including phenoxy) is 1. The normalized spacial score (nSPS) is 9.89. The van der Waals surface area contributed by atoms with Crippen molar-refractivity contribution >= 4 is 11.7 Å². The highest BCUT2D eigenvalue weighted by atomic mass is 16.6. The van der Waals surface area contributed by atoms with Gasteiger partial charge in [0, 0.05) is 18.5 Å². The summed E-state index contributed by atoms with van der Waals surface area (Å²) in [5, 5.41) is 19.8. The van der Waals surface area contributed by atoms with Gasteiger partial charge in [0.05, 0.1) is 11.1 Å². The van der Waals surface area contributed by atoms with E-state index in [1.54, 1.807) is 0 Å². The maximum atomic E-state index is 11.1. The number of nitro groups is 1. The molecule has 0 atom stereocenters. The highest BCUT2D eigenvalue weighted by Crippen LogP contribution is 2.30. The monoisotopic (exact) mass is 261 g/mol. The predicted molar refractivity (Wildman–Crippen MR) is 62.2 cm³/mol. The Kier molecular flexibility index (Phi) is 3.33. The Hall–Kier alpha value is -3.03. The standard InChI is InChI=1S/C11H7N3O5/c15-11(16)10-7(14(17)18)2-1-3-8(10)19-9-6-12-4-5-13-9/h1-6H,(H,15,16). The lowest BCUT2D eigenvalue weighted by Crippen LogP contribution is -2.05. The number of nitrogens with zero attached hydrogens (tertiary/aromatic N) is 3. The van der Waals surface area contributed by atoms with E-state index in [4.69, 9.17) is 9.84 Å². The number of hydrogen-bond acceptors (Lipinski definition) is 6. The first kappa shape index (κ1) is 12.4. The minimum Gasteiger partial charge on any atom is -0.477 e. The van der Waals surface area contributed by atoms with Crippen LogP contribution in [-0.4, -0.2) is 26.0 Å². The van der Waals surface area contributed by atoms with Gasteiger partial charge in [-0.15, -0.1) is 0 Å². The van der Waals surface area contributed by atoms with Gasteiger partial charge in [0.2, 0.25) is 5.88 Å². The number of carboxylic acids is 1. The van der Waals surface area contributed by atoms with Gasteiger partial charge in [-0.05, 0) is 6.07 Å². The summed E-state index contributed by atoms with van der Waals surface area (Å²) in [5.41, 5.74) is -1.08. The molecule has 2 aromatic rings. The van der Waals surface area contributed by atoms with E-state index in [2.05, 4.69) is 9.97 Å². The van der Waals surface area contributed by atoms with E-state index in [0.717, 1.165) is 6.07 Å². The van der Waals surface area contributed by atoms with Gasteiger partial charge in [-0.25, -0.2) is 9.78 Å². The second kappa shape index (κ2) is 5.08. The average molecular weight is 261 g/mol. The van der Waals surface area contributed by atoms with Crippen molar-refractivity contribution in [1.29, 1.82) is 0 Å². The molecule has 0 bridgehead atoms. The Balaban J connectivity index is 2.48. The van der Waals surface area contributed by atoms with Gasteiger partial charge in [-0.2, -0.15) is 0 Å². The lowest BCUT2D eigenvalue weighted by molar-refractivity contribution is -0.385. The summed E-state index contributed by atoms with van der Waals surface area (Å²) in [4.78, 5) is 28.7. The summed E-state index contributed by atoms with van der Waals surface area (Å²) < 4.78 is 5.20. The molecule has 0 fully saturated rings. The van der Waals surface area contributed by atoms with Crippen LogP contribution in [0.3, 0.4) is 0 Å². The lowest BCUT2D eigenvalue weighted by Gasteiger charge is -2.07. The first-order valence-electron chi connectivity index (χ1n) is 5.04. The molecule has 2 rings (SSSR count).